The number of nitrogens with zero attached hydrogens (tertiary/aromatic N) is 4. The predicted octanol–water partition coefficient (Wildman–Crippen LogP) is 3.83. The second-order valence-electron chi connectivity index (χ2n) is 9.60. The SMILES string of the molecule is Cc1nc(-c2ccc(N(C)C)cc2)cc([C@H]2CN3CC[C@H]2C[C@@H]3COC(=O)NC(C)C)n1. The Labute approximate surface area is 191 Å². The fourth-order valence-corrected chi connectivity index (χ4v) is 4.95. The molecule has 3 fully saturated rings. The fourth-order valence-electron chi connectivity index (χ4n) is 4.95. The van der Waals surface area contributed by atoms with Crippen molar-refractivity contribution in [2.24, 2.45) is 5.92 Å². The molecule has 1 aromatic heterocycles. The first-order chi connectivity index (χ1) is 15.3. The molecule has 7 nitrogen and oxygen atoms in total. The minimum Gasteiger partial charge on any atom is -0.448 e. The number of ether oxygens (including phenoxy) is 1. The highest BCUT2D eigenvalue weighted by Crippen LogP contribution is 2.42. The van der Waals surface area contributed by atoms with Crippen molar-refractivity contribution in [3.05, 3.63) is 41.9 Å². The van der Waals surface area contributed by atoms with Crippen LogP contribution in [0.1, 0.15) is 44.1 Å². The number of anilines is 1. The summed E-state index contributed by atoms with van der Waals surface area (Å²) in [6.45, 7) is 8.32. The van der Waals surface area contributed by atoms with E-state index in [1.807, 2.05) is 34.9 Å². The van der Waals surface area contributed by atoms with E-state index in [2.05, 4.69) is 45.4 Å². The number of nitrogens with one attached hydrogen (secondary N) is 1. The number of piperidine rings is 3. The van der Waals surface area contributed by atoms with E-state index in [-0.39, 0.29) is 12.1 Å². The van der Waals surface area contributed by atoms with Crippen molar-refractivity contribution >= 4 is 11.8 Å². The molecule has 172 valence electrons. The number of carbonyl (C=O) groups is 1. The van der Waals surface area contributed by atoms with Gasteiger partial charge in [-0.25, -0.2) is 14.8 Å². The minimum atomic E-state index is -0.324. The molecule has 3 saturated heterocycles. The molecule has 0 aliphatic carbocycles. The number of benzene rings is 1. The number of carbonyl (C=O) groups excluding carboxylic acids is 1. The zero-order valence-electron chi connectivity index (χ0n) is 19.8. The summed E-state index contributed by atoms with van der Waals surface area (Å²) in [4.78, 5) is 26.0. The summed E-state index contributed by atoms with van der Waals surface area (Å²) >= 11 is 0. The summed E-state index contributed by atoms with van der Waals surface area (Å²) < 4.78 is 5.49. The lowest BCUT2D eigenvalue weighted by Crippen LogP contribution is -2.54. The van der Waals surface area contributed by atoms with Crippen molar-refractivity contribution < 1.29 is 9.53 Å². The molecule has 2 aromatic rings. The molecule has 5 rings (SSSR count). The molecule has 0 radical (unpaired) electrons. The summed E-state index contributed by atoms with van der Waals surface area (Å²) in [7, 11) is 4.09. The molecule has 7 heteroatoms. The van der Waals surface area contributed by atoms with E-state index >= 15 is 0 Å². The summed E-state index contributed by atoms with van der Waals surface area (Å²) in [6, 6.07) is 11.1. The number of hydrogen-bond acceptors (Lipinski definition) is 6. The van der Waals surface area contributed by atoms with Crippen molar-refractivity contribution in [3.8, 4) is 11.3 Å². The largest absolute Gasteiger partial charge is 0.448 e. The molecule has 1 aromatic carbocycles. The Balaban J connectivity index is 1.46. The Bertz CT molecular complexity index is 944. The lowest BCUT2D eigenvalue weighted by atomic mass is 9.74. The van der Waals surface area contributed by atoms with Gasteiger partial charge >= 0.3 is 6.09 Å². The first kappa shape index (κ1) is 22.5. The summed E-state index contributed by atoms with van der Waals surface area (Å²) in [5.74, 6) is 1.77. The van der Waals surface area contributed by atoms with Gasteiger partial charge in [-0.15, -0.1) is 0 Å². The summed E-state index contributed by atoms with van der Waals surface area (Å²) in [5.41, 5.74) is 4.41. The predicted molar refractivity (Wildman–Crippen MR) is 127 cm³/mol. The van der Waals surface area contributed by atoms with Crippen molar-refractivity contribution in [2.45, 2.75) is 51.6 Å². The van der Waals surface area contributed by atoms with Crippen LogP contribution in [0.4, 0.5) is 10.5 Å². The third-order valence-corrected chi connectivity index (χ3v) is 6.61. The number of amides is 1. The van der Waals surface area contributed by atoms with Gasteiger partial charge in [-0.3, -0.25) is 4.90 Å². The third-order valence-electron chi connectivity index (χ3n) is 6.61. The van der Waals surface area contributed by atoms with Crippen molar-refractivity contribution in [3.63, 3.8) is 0 Å². The molecule has 4 heterocycles. The highest BCUT2D eigenvalue weighted by Gasteiger charge is 2.42. The fraction of sp³-hybridized carbons (Fsp3) is 0.560. The van der Waals surface area contributed by atoms with E-state index in [9.17, 15) is 4.79 Å². The second kappa shape index (κ2) is 9.45. The van der Waals surface area contributed by atoms with E-state index in [1.165, 1.54) is 5.69 Å². The highest BCUT2D eigenvalue weighted by atomic mass is 16.5. The molecule has 3 aliphatic heterocycles. The van der Waals surface area contributed by atoms with Gasteiger partial charge in [0.05, 0.1) is 5.69 Å². The minimum absolute atomic E-state index is 0.0873. The number of aryl methyl sites for hydroxylation is 1. The van der Waals surface area contributed by atoms with Crippen molar-refractivity contribution in [2.75, 3.05) is 38.7 Å². The molecular weight excluding hydrogens is 402 g/mol. The van der Waals surface area contributed by atoms with Gasteiger partial charge in [0.1, 0.15) is 12.4 Å². The molecule has 0 saturated carbocycles. The quantitative estimate of drug-likeness (QED) is 0.741. The van der Waals surface area contributed by atoms with Crippen LogP contribution in [-0.4, -0.2) is 66.8 Å². The van der Waals surface area contributed by atoms with Crippen LogP contribution >= 0.6 is 0 Å². The van der Waals surface area contributed by atoms with E-state index in [0.717, 1.165) is 48.7 Å². The normalized spacial score (nSPS) is 24.4. The van der Waals surface area contributed by atoms with Crippen LogP contribution < -0.4 is 10.2 Å². The third kappa shape index (κ3) is 5.04. The lowest BCUT2D eigenvalue weighted by Gasteiger charge is -2.49. The van der Waals surface area contributed by atoms with Crippen molar-refractivity contribution in [1.29, 1.82) is 0 Å². The molecule has 4 atom stereocenters. The van der Waals surface area contributed by atoms with E-state index in [0.29, 0.717) is 24.5 Å². The molecule has 2 bridgehead atoms. The zero-order valence-corrected chi connectivity index (χ0v) is 19.8. The Morgan fingerprint density at radius 2 is 2.00 bits per heavy atom. The van der Waals surface area contributed by atoms with Gasteiger partial charge in [-0.2, -0.15) is 0 Å². The molecule has 32 heavy (non-hydrogen) atoms. The molecule has 1 amide bonds. The number of fused-ring (bicyclic) bond motifs is 3. The van der Waals surface area contributed by atoms with Crippen LogP contribution in [-0.2, 0) is 4.74 Å². The van der Waals surface area contributed by atoms with Gasteiger partial charge in [-0.05, 0) is 64.3 Å². The van der Waals surface area contributed by atoms with E-state index < -0.39 is 0 Å². The van der Waals surface area contributed by atoms with Crippen LogP contribution in [0.3, 0.4) is 0 Å². The van der Waals surface area contributed by atoms with Crippen LogP contribution in [0.15, 0.2) is 30.3 Å². The zero-order chi connectivity index (χ0) is 22.8. The van der Waals surface area contributed by atoms with Crippen LogP contribution in [0.2, 0.25) is 0 Å². The standard InChI is InChI=1S/C25H35N5O2/c1-16(2)26-25(31)32-15-21-12-19-10-11-30(21)14-22(19)24-13-23(27-17(3)28-24)18-6-8-20(9-7-18)29(4)5/h6-9,13,16,19,21-22H,10-12,14-15H2,1-5H3,(H,26,31)/t19-,21+,22-/m0/s1. The first-order valence-corrected chi connectivity index (χ1v) is 11.6. The monoisotopic (exact) mass is 437 g/mol. The number of rotatable bonds is 6. The molecule has 3 aliphatic rings. The first-order valence-electron chi connectivity index (χ1n) is 11.6. The van der Waals surface area contributed by atoms with Crippen LogP contribution in [0.25, 0.3) is 11.3 Å². The van der Waals surface area contributed by atoms with Gasteiger partial charge < -0.3 is 15.0 Å². The molecule has 1 N–H and O–H groups in total. The summed E-state index contributed by atoms with van der Waals surface area (Å²) in [5, 5.41) is 2.80. The average Bonchev–Trinajstić information content (AvgIpc) is 2.77. The lowest BCUT2D eigenvalue weighted by molar-refractivity contribution is -0.00373. The molecule has 1 unspecified atom stereocenters. The number of aromatic nitrogens is 2. The maximum absolute atomic E-state index is 11.9. The highest BCUT2D eigenvalue weighted by molar-refractivity contribution is 5.67. The number of alkyl carbamates (subject to hydrolysis) is 1. The Hall–Kier alpha value is -2.67. The molecule has 0 spiro atoms. The van der Waals surface area contributed by atoms with Gasteiger partial charge in [0, 0.05) is 55.6 Å². The van der Waals surface area contributed by atoms with E-state index in [1.54, 1.807) is 0 Å². The van der Waals surface area contributed by atoms with Gasteiger partial charge in [-0.1, -0.05) is 12.1 Å². The summed E-state index contributed by atoms with van der Waals surface area (Å²) in [6.07, 6.45) is 1.88. The topological polar surface area (TPSA) is 70.6 Å². The van der Waals surface area contributed by atoms with Gasteiger partial charge in [0.15, 0.2) is 0 Å². The molecular formula is C25H35N5O2. The van der Waals surface area contributed by atoms with E-state index in [4.69, 9.17) is 14.7 Å². The Morgan fingerprint density at radius 1 is 1.25 bits per heavy atom. The maximum Gasteiger partial charge on any atom is 0.407 e. The average molecular weight is 438 g/mol. The number of hydrogen-bond donors (Lipinski definition) is 1. The van der Waals surface area contributed by atoms with Gasteiger partial charge in [0.25, 0.3) is 0 Å². The van der Waals surface area contributed by atoms with Gasteiger partial charge in [0.2, 0.25) is 0 Å². The van der Waals surface area contributed by atoms with Crippen molar-refractivity contribution in [1.82, 2.24) is 20.2 Å². The maximum atomic E-state index is 11.9. The Kier molecular flexibility index (Phi) is 6.65. The van der Waals surface area contributed by atoms with Crippen LogP contribution in [0.5, 0.6) is 0 Å². The Morgan fingerprint density at radius 3 is 2.62 bits per heavy atom. The second-order valence-corrected chi connectivity index (χ2v) is 9.60. The van der Waals surface area contributed by atoms with Crippen LogP contribution in [0, 0.1) is 12.8 Å². The smallest absolute Gasteiger partial charge is 0.407 e.